The van der Waals surface area contributed by atoms with Crippen molar-refractivity contribution in [1.82, 2.24) is 10.6 Å². The topological polar surface area (TPSA) is 61.4 Å². The van der Waals surface area contributed by atoms with Gasteiger partial charge in [0.05, 0.1) is 0 Å². The molecule has 5 nitrogen and oxygen atoms in total. The third-order valence-electron chi connectivity index (χ3n) is 3.74. The first-order chi connectivity index (χ1) is 12.8. The lowest BCUT2D eigenvalue weighted by molar-refractivity contribution is 0.0986. The van der Waals surface area contributed by atoms with Crippen LogP contribution in [0, 0.1) is 5.82 Å². The summed E-state index contributed by atoms with van der Waals surface area (Å²) < 4.78 is 13.2. The Labute approximate surface area is 159 Å². The number of rotatable bonds is 6. The number of carbonyl (C=O) groups is 2. The van der Waals surface area contributed by atoms with Crippen molar-refractivity contribution in [2.75, 3.05) is 18.0 Å². The highest BCUT2D eigenvalue weighted by atomic mass is 19.1. The number of hydrogen-bond donors (Lipinski definition) is 2. The molecule has 0 atom stereocenters. The summed E-state index contributed by atoms with van der Waals surface area (Å²) in [7, 11) is 0. The molecule has 2 aromatic rings. The quantitative estimate of drug-likeness (QED) is 0.755. The molecule has 0 bridgehead atoms. The highest BCUT2D eigenvalue weighted by molar-refractivity contribution is 6.06. The summed E-state index contributed by atoms with van der Waals surface area (Å²) in [6.07, 6.45) is 0.563. The van der Waals surface area contributed by atoms with E-state index in [1.807, 2.05) is 26.8 Å². The number of nitrogens with zero attached hydrogens (tertiary/aromatic N) is 1. The first-order valence-corrected chi connectivity index (χ1v) is 8.95. The maximum atomic E-state index is 13.2. The number of amides is 3. The van der Waals surface area contributed by atoms with Crippen LogP contribution in [0.1, 0.15) is 37.6 Å². The Bertz CT molecular complexity index is 755. The van der Waals surface area contributed by atoms with E-state index < -0.39 is 0 Å². The molecule has 0 aromatic heterocycles. The molecule has 0 heterocycles. The summed E-state index contributed by atoms with van der Waals surface area (Å²) in [5.41, 5.74) is 0.859. The van der Waals surface area contributed by atoms with Gasteiger partial charge in [0.2, 0.25) is 0 Å². The molecule has 2 aromatic carbocycles. The number of nitrogens with one attached hydrogen (secondary N) is 2. The molecule has 0 unspecified atom stereocenters. The summed E-state index contributed by atoms with van der Waals surface area (Å²) in [6.45, 7) is 6.53. The summed E-state index contributed by atoms with van der Waals surface area (Å²) in [5.74, 6) is -0.521. The monoisotopic (exact) mass is 371 g/mol. The number of anilines is 1. The normalized spacial score (nSPS) is 11.0. The van der Waals surface area contributed by atoms with Gasteiger partial charge in [-0.25, -0.2) is 9.18 Å². The predicted octanol–water partition coefficient (Wildman–Crippen LogP) is 3.96. The summed E-state index contributed by atoms with van der Waals surface area (Å²) >= 11 is 0. The van der Waals surface area contributed by atoms with Gasteiger partial charge in [-0.2, -0.15) is 0 Å². The third-order valence-corrected chi connectivity index (χ3v) is 3.74. The standard InChI is InChI=1S/C21H26FN3O2/c1-21(2,3)24-20(27)23-14-7-15-25(18-12-10-17(22)11-13-18)19(26)16-8-5-4-6-9-16/h4-6,8-13H,7,14-15H2,1-3H3,(H2,23,24,27). The average Bonchev–Trinajstić information content (AvgIpc) is 2.61. The third kappa shape index (κ3) is 6.73. The number of halogens is 1. The second-order valence-corrected chi connectivity index (χ2v) is 7.28. The molecule has 2 N–H and O–H groups in total. The van der Waals surface area contributed by atoms with Gasteiger partial charge in [0.15, 0.2) is 0 Å². The number of benzene rings is 2. The second-order valence-electron chi connectivity index (χ2n) is 7.28. The zero-order valence-corrected chi connectivity index (χ0v) is 16.0. The fourth-order valence-electron chi connectivity index (χ4n) is 2.53. The van der Waals surface area contributed by atoms with Crippen LogP contribution in [0.15, 0.2) is 54.6 Å². The predicted molar refractivity (Wildman–Crippen MR) is 105 cm³/mol. The van der Waals surface area contributed by atoms with Gasteiger partial charge in [0.1, 0.15) is 5.82 Å². The minimum absolute atomic E-state index is 0.165. The maximum Gasteiger partial charge on any atom is 0.315 e. The maximum absolute atomic E-state index is 13.2. The van der Waals surface area contributed by atoms with Crippen molar-refractivity contribution >= 4 is 17.6 Å². The van der Waals surface area contributed by atoms with Gasteiger partial charge >= 0.3 is 6.03 Å². The Balaban J connectivity index is 2.02. The van der Waals surface area contributed by atoms with Crippen molar-refractivity contribution in [2.45, 2.75) is 32.7 Å². The molecule has 6 heteroatoms. The minimum Gasteiger partial charge on any atom is -0.338 e. The summed E-state index contributed by atoms with van der Waals surface area (Å²) in [6, 6.07) is 14.5. The molecule has 0 aliphatic carbocycles. The van der Waals surface area contributed by atoms with E-state index in [4.69, 9.17) is 0 Å². The van der Waals surface area contributed by atoms with Crippen LogP contribution in [0.5, 0.6) is 0 Å². The van der Waals surface area contributed by atoms with Crippen molar-refractivity contribution < 1.29 is 14.0 Å². The fraction of sp³-hybridized carbons (Fsp3) is 0.333. The van der Waals surface area contributed by atoms with E-state index in [0.717, 1.165) is 0 Å². The van der Waals surface area contributed by atoms with Crippen LogP contribution in [0.4, 0.5) is 14.9 Å². The molecule has 0 radical (unpaired) electrons. The second kappa shape index (κ2) is 9.16. The van der Waals surface area contributed by atoms with E-state index in [-0.39, 0.29) is 23.3 Å². The van der Waals surface area contributed by atoms with Crippen LogP contribution >= 0.6 is 0 Å². The zero-order chi connectivity index (χ0) is 19.9. The Morgan fingerprint density at radius 3 is 2.22 bits per heavy atom. The molecule has 0 saturated carbocycles. The average molecular weight is 371 g/mol. The number of hydrogen-bond acceptors (Lipinski definition) is 2. The lowest BCUT2D eigenvalue weighted by atomic mass is 10.1. The molecule has 0 fully saturated rings. The van der Waals surface area contributed by atoms with Crippen LogP contribution in [-0.2, 0) is 0 Å². The molecule has 144 valence electrons. The SMILES string of the molecule is CC(C)(C)NC(=O)NCCCN(C(=O)c1ccccc1)c1ccc(F)cc1. The Morgan fingerprint density at radius 1 is 1.00 bits per heavy atom. The largest absolute Gasteiger partial charge is 0.338 e. The van der Waals surface area contributed by atoms with Crippen molar-refractivity contribution in [1.29, 1.82) is 0 Å². The van der Waals surface area contributed by atoms with E-state index in [9.17, 15) is 14.0 Å². The smallest absolute Gasteiger partial charge is 0.315 e. The van der Waals surface area contributed by atoms with E-state index >= 15 is 0 Å². The highest BCUT2D eigenvalue weighted by Crippen LogP contribution is 2.18. The van der Waals surface area contributed by atoms with Gasteiger partial charge in [-0.05, 0) is 63.6 Å². The number of urea groups is 1. The van der Waals surface area contributed by atoms with Crippen molar-refractivity contribution in [3.63, 3.8) is 0 Å². The van der Waals surface area contributed by atoms with Crippen LogP contribution in [0.25, 0.3) is 0 Å². The molecule has 27 heavy (non-hydrogen) atoms. The van der Waals surface area contributed by atoms with Gasteiger partial charge in [-0.15, -0.1) is 0 Å². The summed E-state index contributed by atoms with van der Waals surface area (Å²) in [4.78, 5) is 26.3. The first-order valence-electron chi connectivity index (χ1n) is 8.95. The lowest BCUT2D eigenvalue weighted by Gasteiger charge is -2.24. The van der Waals surface area contributed by atoms with Crippen LogP contribution < -0.4 is 15.5 Å². The van der Waals surface area contributed by atoms with Gasteiger partial charge in [0, 0.05) is 29.9 Å². The summed E-state index contributed by atoms with van der Waals surface area (Å²) in [5, 5.41) is 5.61. The van der Waals surface area contributed by atoms with Gasteiger partial charge in [-0.3, -0.25) is 4.79 Å². The van der Waals surface area contributed by atoms with Crippen molar-refractivity contribution in [3.05, 3.63) is 66.0 Å². The van der Waals surface area contributed by atoms with Crippen molar-refractivity contribution in [3.8, 4) is 0 Å². The molecular weight excluding hydrogens is 345 g/mol. The van der Waals surface area contributed by atoms with Crippen LogP contribution in [0.2, 0.25) is 0 Å². The Morgan fingerprint density at radius 2 is 1.63 bits per heavy atom. The lowest BCUT2D eigenvalue weighted by Crippen LogP contribution is -2.47. The zero-order valence-electron chi connectivity index (χ0n) is 16.0. The van der Waals surface area contributed by atoms with E-state index in [1.54, 1.807) is 41.3 Å². The molecule has 0 saturated heterocycles. The Kier molecular flexibility index (Phi) is 6.93. The van der Waals surface area contributed by atoms with E-state index in [2.05, 4.69) is 10.6 Å². The first kappa shape index (κ1) is 20.4. The Hall–Kier alpha value is -2.89. The molecule has 0 aliphatic heterocycles. The molecule has 0 spiro atoms. The van der Waals surface area contributed by atoms with Gasteiger partial charge < -0.3 is 15.5 Å². The molecule has 3 amide bonds. The van der Waals surface area contributed by atoms with Crippen LogP contribution in [-0.4, -0.2) is 30.6 Å². The van der Waals surface area contributed by atoms with E-state index in [1.165, 1.54) is 12.1 Å². The molecular formula is C21H26FN3O2. The highest BCUT2D eigenvalue weighted by Gasteiger charge is 2.18. The van der Waals surface area contributed by atoms with E-state index in [0.29, 0.717) is 30.8 Å². The minimum atomic E-state index is -0.355. The molecule has 0 aliphatic rings. The van der Waals surface area contributed by atoms with Crippen molar-refractivity contribution in [2.24, 2.45) is 0 Å². The van der Waals surface area contributed by atoms with Gasteiger partial charge in [0.25, 0.3) is 5.91 Å². The van der Waals surface area contributed by atoms with Crippen LogP contribution in [0.3, 0.4) is 0 Å². The molecule has 2 rings (SSSR count). The van der Waals surface area contributed by atoms with Gasteiger partial charge in [-0.1, -0.05) is 18.2 Å². The fourth-order valence-corrected chi connectivity index (χ4v) is 2.53. The number of carbonyl (C=O) groups excluding carboxylic acids is 2.